The van der Waals surface area contributed by atoms with Gasteiger partial charge in [0.05, 0.1) is 11.8 Å². The quantitative estimate of drug-likeness (QED) is 0.864. The maximum Gasteiger partial charge on any atom is 0.289 e. The number of carbonyl (C=O) groups is 2. The fourth-order valence-electron chi connectivity index (χ4n) is 2.75. The van der Waals surface area contributed by atoms with Crippen molar-refractivity contribution in [3.8, 4) is 0 Å². The van der Waals surface area contributed by atoms with Crippen molar-refractivity contribution in [2.75, 3.05) is 13.1 Å². The van der Waals surface area contributed by atoms with Gasteiger partial charge in [-0.25, -0.2) is 13.2 Å². The summed E-state index contributed by atoms with van der Waals surface area (Å²) in [4.78, 5) is 25.8. The Balaban J connectivity index is 1.58. The second-order valence-corrected chi connectivity index (χ2v) is 5.74. The van der Waals surface area contributed by atoms with Crippen LogP contribution in [0.15, 0.2) is 34.9 Å². The number of benzene rings is 1. The third-order valence-electron chi connectivity index (χ3n) is 4.13. The number of nitrogens with zero attached hydrogens (tertiary/aromatic N) is 1. The average Bonchev–Trinajstić information content (AvgIpc) is 3.14. The van der Waals surface area contributed by atoms with E-state index in [9.17, 15) is 22.8 Å². The first-order chi connectivity index (χ1) is 12.0. The molecule has 1 aliphatic rings. The summed E-state index contributed by atoms with van der Waals surface area (Å²) in [6, 6.07) is 4.51. The molecule has 2 amide bonds. The van der Waals surface area contributed by atoms with Crippen molar-refractivity contribution in [2.45, 2.75) is 18.9 Å². The molecule has 5 nitrogen and oxygen atoms in total. The number of hydrogen-bond donors (Lipinski definition) is 1. The van der Waals surface area contributed by atoms with Crippen molar-refractivity contribution >= 4 is 11.8 Å². The smallest absolute Gasteiger partial charge is 0.289 e. The highest BCUT2D eigenvalue weighted by Crippen LogP contribution is 2.18. The van der Waals surface area contributed by atoms with E-state index >= 15 is 0 Å². The van der Waals surface area contributed by atoms with E-state index < -0.39 is 28.9 Å². The number of amides is 2. The van der Waals surface area contributed by atoms with Crippen molar-refractivity contribution < 1.29 is 27.2 Å². The Morgan fingerprint density at radius 1 is 1.08 bits per heavy atom. The van der Waals surface area contributed by atoms with Gasteiger partial charge in [-0.05, 0) is 37.1 Å². The maximum atomic E-state index is 13.7. The minimum Gasteiger partial charge on any atom is -0.459 e. The highest BCUT2D eigenvalue weighted by Gasteiger charge is 2.27. The molecule has 8 heteroatoms. The molecule has 2 aromatic rings. The molecular weight excluding hydrogens is 337 g/mol. The summed E-state index contributed by atoms with van der Waals surface area (Å²) < 4.78 is 44.9. The Hall–Kier alpha value is -2.77. The average molecular weight is 352 g/mol. The van der Waals surface area contributed by atoms with Gasteiger partial charge in [-0.15, -0.1) is 0 Å². The van der Waals surface area contributed by atoms with Crippen molar-refractivity contribution in [2.24, 2.45) is 0 Å². The van der Waals surface area contributed by atoms with Crippen molar-refractivity contribution in [1.29, 1.82) is 0 Å². The molecule has 0 saturated carbocycles. The second-order valence-electron chi connectivity index (χ2n) is 5.74. The first-order valence-corrected chi connectivity index (χ1v) is 7.74. The number of piperidine rings is 1. The van der Waals surface area contributed by atoms with Crippen LogP contribution >= 0.6 is 0 Å². The standard InChI is InChI=1S/C17H15F3N2O3/c18-12-4-3-11(14(19)15(12)20)16(23)21-10-5-7-22(8-6-10)17(24)13-2-1-9-25-13/h1-4,9-10H,5-8H2,(H,21,23). The number of nitrogens with one attached hydrogen (secondary N) is 1. The van der Waals surface area contributed by atoms with E-state index in [0.717, 1.165) is 6.07 Å². The molecule has 0 radical (unpaired) electrons. The first-order valence-electron chi connectivity index (χ1n) is 7.74. The third-order valence-corrected chi connectivity index (χ3v) is 4.13. The summed E-state index contributed by atoms with van der Waals surface area (Å²) in [6.07, 6.45) is 2.34. The van der Waals surface area contributed by atoms with Gasteiger partial charge in [0.2, 0.25) is 0 Å². The molecular formula is C17H15F3N2O3. The van der Waals surface area contributed by atoms with Gasteiger partial charge in [-0.2, -0.15) is 0 Å². The van der Waals surface area contributed by atoms with Crippen LogP contribution in [0.25, 0.3) is 0 Å². The van der Waals surface area contributed by atoms with Gasteiger partial charge >= 0.3 is 0 Å². The van der Waals surface area contributed by atoms with Gasteiger partial charge in [-0.1, -0.05) is 0 Å². The second kappa shape index (κ2) is 7.00. The van der Waals surface area contributed by atoms with Crippen LogP contribution in [0.1, 0.15) is 33.8 Å². The lowest BCUT2D eigenvalue weighted by atomic mass is 10.0. The number of hydrogen-bond acceptors (Lipinski definition) is 3. The van der Waals surface area contributed by atoms with E-state index in [4.69, 9.17) is 4.42 Å². The highest BCUT2D eigenvalue weighted by atomic mass is 19.2. The number of carbonyl (C=O) groups excluding carboxylic acids is 2. The van der Waals surface area contributed by atoms with Crippen LogP contribution in [0, 0.1) is 17.5 Å². The van der Waals surface area contributed by atoms with Crippen molar-refractivity contribution in [1.82, 2.24) is 10.2 Å². The van der Waals surface area contributed by atoms with Crippen LogP contribution in [0.5, 0.6) is 0 Å². The van der Waals surface area contributed by atoms with Gasteiger partial charge < -0.3 is 14.6 Å². The van der Waals surface area contributed by atoms with Crippen LogP contribution in [-0.4, -0.2) is 35.8 Å². The van der Waals surface area contributed by atoms with Gasteiger partial charge in [0.15, 0.2) is 23.2 Å². The Morgan fingerprint density at radius 3 is 2.44 bits per heavy atom. The molecule has 2 heterocycles. The molecule has 1 aromatic carbocycles. The van der Waals surface area contributed by atoms with Crippen LogP contribution in [-0.2, 0) is 0 Å². The Labute approximate surface area is 141 Å². The molecule has 0 aliphatic carbocycles. The molecule has 0 unspecified atom stereocenters. The fraction of sp³-hybridized carbons (Fsp3) is 0.294. The molecule has 1 aliphatic heterocycles. The van der Waals surface area contributed by atoms with E-state index in [-0.39, 0.29) is 17.7 Å². The van der Waals surface area contributed by atoms with Gasteiger partial charge in [0.1, 0.15) is 0 Å². The molecule has 1 aromatic heterocycles. The summed E-state index contributed by atoms with van der Waals surface area (Å²) >= 11 is 0. The largest absolute Gasteiger partial charge is 0.459 e. The van der Waals surface area contributed by atoms with Crippen LogP contribution < -0.4 is 5.32 Å². The zero-order valence-electron chi connectivity index (χ0n) is 13.1. The van der Waals surface area contributed by atoms with Crippen LogP contribution in [0.4, 0.5) is 13.2 Å². The lowest BCUT2D eigenvalue weighted by Crippen LogP contribution is -2.46. The van der Waals surface area contributed by atoms with Crippen LogP contribution in [0.3, 0.4) is 0 Å². The third kappa shape index (κ3) is 3.52. The number of halogens is 3. The number of likely N-dealkylation sites (tertiary alicyclic amines) is 1. The molecule has 3 rings (SSSR count). The molecule has 25 heavy (non-hydrogen) atoms. The molecule has 0 spiro atoms. The van der Waals surface area contributed by atoms with E-state index in [1.165, 1.54) is 6.26 Å². The molecule has 1 N–H and O–H groups in total. The lowest BCUT2D eigenvalue weighted by molar-refractivity contribution is 0.0667. The predicted octanol–water partition coefficient (Wildman–Crippen LogP) is 2.73. The SMILES string of the molecule is O=C(NC1CCN(C(=O)c2ccco2)CC1)c1ccc(F)c(F)c1F. The monoisotopic (exact) mass is 352 g/mol. The van der Waals surface area contributed by atoms with Crippen molar-refractivity contribution in [3.63, 3.8) is 0 Å². The molecule has 132 valence electrons. The minimum atomic E-state index is -1.67. The Kier molecular flexibility index (Phi) is 4.78. The Bertz CT molecular complexity index is 785. The first kappa shape index (κ1) is 17.1. The minimum absolute atomic E-state index is 0.235. The predicted molar refractivity (Wildman–Crippen MR) is 81.4 cm³/mol. The van der Waals surface area contributed by atoms with Gasteiger partial charge in [0, 0.05) is 19.1 Å². The van der Waals surface area contributed by atoms with E-state index in [1.54, 1.807) is 17.0 Å². The van der Waals surface area contributed by atoms with Crippen molar-refractivity contribution in [3.05, 3.63) is 59.3 Å². The fourth-order valence-corrected chi connectivity index (χ4v) is 2.75. The summed E-state index contributed by atoms with van der Waals surface area (Å²) in [5.74, 6) is -5.34. The topological polar surface area (TPSA) is 62.6 Å². The zero-order chi connectivity index (χ0) is 18.0. The van der Waals surface area contributed by atoms with Gasteiger partial charge in [-0.3, -0.25) is 9.59 Å². The highest BCUT2D eigenvalue weighted by molar-refractivity contribution is 5.94. The number of rotatable bonds is 3. The molecule has 0 bridgehead atoms. The lowest BCUT2D eigenvalue weighted by Gasteiger charge is -2.31. The normalized spacial score (nSPS) is 15.2. The molecule has 0 atom stereocenters. The van der Waals surface area contributed by atoms with Crippen LogP contribution in [0.2, 0.25) is 0 Å². The molecule has 1 fully saturated rings. The Morgan fingerprint density at radius 2 is 1.80 bits per heavy atom. The maximum absolute atomic E-state index is 13.7. The van der Waals surface area contributed by atoms with Gasteiger partial charge in [0.25, 0.3) is 11.8 Å². The summed E-state index contributed by atoms with van der Waals surface area (Å²) in [6.45, 7) is 0.787. The van der Waals surface area contributed by atoms with E-state index in [1.807, 2.05) is 0 Å². The summed E-state index contributed by atoms with van der Waals surface area (Å²) in [7, 11) is 0. The zero-order valence-corrected chi connectivity index (χ0v) is 13.1. The summed E-state index contributed by atoms with van der Waals surface area (Å²) in [5.41, 5.74) is -0.548. The van der Waals surface area contributed by atoms with E-state index in [2.05, 4.69) is 5.32 Å². The molecule has 1 saturated heterocycles. The summed E-state index contributed by atoms with van der Waals surface area (Å²) in [5, 5.41) is 2.59. The van der Waals surface area contributed by atoms with E-state index in [0.29, 0.717) is 32.0 Å². The number of furan rings is 1.